The second kappa shape index (κ2) is 6.96. The monoisotopic (exact) mass is 336 g/mol. The highest BCUT2D eigenvalue weighted by Crippen LogP contribution is 2.20. The van der Waals surface area contributed by atoms with Crippen molar-refractivity contribution in [1.29, 1.82) is 0 Å². The van der Waals surface area contributed by atoms with Gasteiger partial charge in [0.2, 0.25) is 11.7 Å². The number of hydrogen-bond acceptors (Lipinski definition) is 5. The highest BCUT2D eigenvalue weighted by atomic mass is 16.5. The number of ketones is 1. The van der Waals surface area contributed by atoms with E-state index in [1.165, 1.54) is 6.92 Å². The van der Waals surface area contributed by atoms with Crippen molar-refractivity contribution in [2.75, 3.05) is 10.6 Å². The number of benzene rings is 2. The summed E-state index contributed by atoms with van der Waals surface area (Å²) < 4.78 is 4.96. The van der Waals surface area contributed by atoms with Crippen LogP contribution in [0.15, 0.2) is 53.1 Å². The molecule has 0 atom stereocenters. The molecule has 0 spiro atoms. The van der Waals surface area contributed by atoms with Crippen LogP contribution in [0, 0.1) is 6.92 Å². The zero-order chi connectivity index (χ0) is 17.8. The lowest BCUT2D eigenvalue weighted by Crippen LogP contribution is -2.19. The third kappa shape index (κ3) is 4.08. The zero-order valence-corrected chi connectivity index (χ0v) is 13.7. The topological polar surface area (TPSA) is 97.1 Å². The number of nitrogens with zero attached hydrogens (tertiary/aromatic N) is 2. The van der Waals surface area contributed by atoms with Crippen molar-refractivity contribution < 1.29 is 14.1 Å². The second-order valence-electron chi connectivity index (χ2n) is 5.43. The molecule has 0 saturated carbocycles. The molecule has 25 heavy (non-hydrogen) atoms. The number of aryl methyl sites for hydroxylation is 1. The fourth-order valence-corrected chi connectivity index (χ4v) is 2.26. The van der Waals surface area contributed by atoms with Crippen LogP contribution in [0.3, 0.4) is 0 Å². The summed E-state index contributed by atoms with van der Waals surface area (Å²) in [6.07, 6.45) is 0. The normalized spacial score (nSPS) is 10.3. The second-order valence-corrected chi connectivity index (χ2v) is 5.43. The number of rotatable bonds is 4. The van der Waals surface area contributed by atoms with Gasteiger partial charge in [-0.15, -0.1) is 0 Å². The van der Waals surface area contributed by atoms with Crippen LogP contribution in [0.4, 0.5) is 16.2 Å². The van der Waals surface area contributed by atoms with Gasteiger partial charge in [0.25, 0.3) is 0 Å². The number of nitrogens with one attached hydrogen (secondary N) is 2. The van der Waals surface area contributed by atoms with E-state index in [1.807, 2.05) is 6.07 Å². The summed E-state index contributed by atoms with van der Waals surface area (Å²) in [4.78, 5) is 27.7. The Labute approximate surface area is 144 Å². The average molecular weight is 336 g/mol. The number of hydrogen-bond donors (Lipinski definition) is 2. The lowest BCUT2D eigenvalue weighted by molar-refractivity contribution is 0.101. The first-order valence-corrected chi connectivity index (χ1v) is 7.61. The van der Waals surface area contributed by atoms with E-state index in [9.17, 15) is 9.59 Å². The lowest BCUT2D eigenvalue weighted by Gasteiger charge is -2.09. The van der Waals surface area contributed by atoms with E-state index in [2.05, 4.69) is 20.8 Å². The van der Waals surface area contributed by atoms with Crippen LogP contribution in [0.5, 0.6) is 0 Å². The molecule has 2 amide bonds. The number of urea groups is 1. The molecule has 3 aromatic rings. The fraction of sp³-hybridized carbons (Fsp3) is 0.111. The molecular weight excluding hydrogens is 320 g/mol. The Hall–Kier alpha value is -3.48. The SMILES string of the molecule is CC(=O)c1cccc(NC(=O)Nc2cccc(-c3noc(C)n3)c2)c1. The minimum absolute atomic E-state index is 0.0628. The van der Waals surface area contributed by atoms with Gasteiger partial charge in [-0.25, -0.2) is 4.79 Å². The summed E-state index contributed by atoms with van der Waals surface area (Å²) in [7, 11) is 0. The summed E-state index contributed by atoms with van der Waals surface area (Å²) in [5, 5.41) is 9.29. The van der Waals surface area contributed by atoms with E-state index in [-0.39, 0.29) is 5.78 Å². The maximum atomic E-state index is 12.2. The molecule has 2 aromatic carbocycles. The minimum Gasteiger partial charge on any atom is -0.339 e. The summed E-state index contributed by atoms with van der Waals surface area (Å²) in [6.45, 7) is 3.19. The van der Waals surface area contributed by atoms with Crippen LogP contribution in [0.1, 0.15) is 23.2 Å². The number of anilines is 2. The molecule has 7 nitrogen and oxygen atoms in total. The number of Topliss-reactive ketones (excluding diaryl/α,β-unsaturated/α-hetero) is 1. The molecule has 126 valence electrons. The Kier molecular flexibility index (Phi) is 4.56. The number of carbonyl (C=O) groups is 2. The van der Waals surface area contributed by atoms with Gasteiger partial charge in [-0.05, 0) is 31.2 Å². The smallest absolute Gasteiger partial charge is 0.323 e. The Morgan fingerprint density at radius 1 is 1.00 bits per heavy atom. The summed E-state index contributed by atoms with van der Waals surface area (Å²) in [6, 6.07) is 13.4. The van der Waals surface area contributed by atoms with Crippen LogP contribution in [0.25, 0.3) is 11.4 Å². The molecule has 0 aliphatic heterocycles. The molecule has 0 aliphatic rings. The zero-order valence-electron chi connectivity index (χ0n) is 13.7. The van der Waals surface area contributed by atoms with Crippen molar-refractivity contribution in [2.45, 2.75) is 13.8 Å². The molecule has 0 saturated heterocycles. The van der Waals surface area contributed by atoms with E-state index >= 15 is 0 Å². The third-order valence-corrected chi connectivity index (χ3v) is 3.43. The maximum absolute atomic E-state index is 12.2. The summed E-state index contributed by atoms with van der Waals surface area (Å²) in [5.41, 5.74) is 2.39. The highest BCUT2D eigenvalue weighted by Gasteiger charge is 2.09. The molecule has 0 bridgehead atoms. The molecule has 0 unspecified atom stereocenters. The van der Waals surface area contributed by atoms with Crippen molar-refractivity contribution in [3.8, 4) is 11.4 Å². The first-order chi connectivity index (χ1) is 12.0. The van der Waals surface area contributed by atoms with Crippen molar-refractivity contribution in [1.82, 2.24) is 10.1 Å². The Bertz CT molecular complexity index is 933. The van der Waals surface area contributed by atoms with Gasteiger partial charge in [-0.3, -0.25) is 4.79 Å². The standard InChI is InChI=1S/C18H16N4O3/c1-11(23)13-5-3-7-15(9-13)20-18(24)21-16-8-4-6-14(10-16)17-19-12(2)25-22-17/h3-10H,1-2H3,(H2,20,21,24). The Morgan fingerprint density at radius 2 is 1.68 bits per heavy atom. The van der Waals surface area contributed by atoms with E-state index in [0.717, 1.165) is 5.56 Å². The first-order valence-electron chi connectivity index (χ1n) is 7.61. The molecule has 3 rings (SSSR count). The van der Waals surface area contributed by atoms with Crippen molar-refractivity contribution in [3.05, 3.63) is 60.0 Å². The first kappa shape index (κ1) is 16.4. The van der Waals surface area contributed by atoms with Gasteiger partial charge in [0.15, 0.2) is 5.78 Å². The number of amides is 2. The summed E-state index contributed by atoms with van der Waals surface area (Å²) in [5.74, 6) is 0.861. The van der Waals surface area contributed by atoms with E-state index in [1.54, 1.807) is 49.4 Å². The maximum Gasteiger partial charge on any atom is 0.323 e. The van der Waals surface area contributed by atoms with Gasteiger partial charge in [0.1, 0.15) is 0 Å². The third-order valence-electron chi connectivity index (χ3n) is 3.43. The van der Waals surface area contributed by atoms with Crippen molar-refractivity contribution in [2.24, 2.45) is 0 Å². The van der Waals surface area contributed by atoms with Crippen molar-refractivity contribution >= 4 is 23.2 Å². The van der Waals surface area contributed by atoms with Gasteiger partial charge in [0, 0.05) is 29.4 Å². The van der Waals surface area contributed by atoms with Crippen molar-refractivity contribution in [3.63, 3.8) is 0 Å². The van der Waals surface area contributed by atoms with Crippen LogP contribution in [0.2, 0.25) is 0 Å². The predicted molar refractivity (Wildman–Crippen MR) is 93.6 cm³/mol. The quantitative estimate of drug-likeness (QED) is 0.704. The highest BCUT2D eigenvalue weighted by molar-refractivity contribution is 6.01. The van der Waals surface area contributed by atoms with Crippen LogP contribution in [-0.4, -0.2) is 22.0 Å². The van der Waals surface area contributed by atoms with Gasteiger partial charge < -0.3 is 15.2 Å². The number of aromatic nitrogens is 2. The molecule has 2 N–H and O–H groups in total. The lowest BCUT2D eigenvalue weighted by atomic mass is 10.1. The molecular formula is C18H16N4O3. The predicted octanol–water partition coefficient (Wildman–Crippen LogP) is 3.89. The molecule has 0 fully saturated rings. The average Bonchev–Trinajstić information content (AvgIpc) is 3.02. The molecule has 7 heteroatoms. The van der Waals surface area contributed by atoms with E-state index < -0.39 is 6.03 Å². The minimum atomic E-state index is -0.415. The largest absolute Gasteiger partial charge is 0.339 e. The van der Waals surface area contributed by atoms with Crippen LogP contribution < -0.4 is 10.6 Å². The molecule has 1 aromatic heterocycles. The molecule has 0 radical (unpaired) electrons. The van der Waals surface area contributed by atoms with Gasteiger partial charge in [0.05, 0.1) is 0 Å². The molecule has 0 aliphatic carbocycles. The van der Waals surface area contributed by atoms with Crippen LogP contribution >= 0.6 is 0 Å². The van der Waals surface area contributed by atoms with Crippen LogP contribution in [-0.2, 0) is 0 Å². The summed E-state index contributed by atoms with van der Waals surface area (Å²) >= 11 is 0. The van der Waals surface area contributed by atoms with Gasteiger partial charge >= 0.3 is 6.03 Å². The fourth-order valence-electron chi connectivity index (χ4n) is 2.26. The number of carbonyl (C=O) groups excluding carboxylic acids is 2. The van der Waals surface area contributed by atoms with Gasteiger partial charge in [-0.2, -0.15) is 4.98 Å². The van der Waals surface area contributed by atoms with E-state index in [0.29, 0.717) is 28.7 Å². The van der Waals surface area contributed by atoms with E-state index in [4.69, 9.17) is 4.52 Å². The Morgan fingerprint density at radius 3 is 2.32 bits per heavy atom. The Balaban J connectivity index is 1.71. The molecule has 1 heterocycles. The van der Waals surface area contributed by atoms with Gasteiger partial charge in [-0.1, -0.05) is 29.4 Å².